The zero-order valence-corrected chi connectivity index (χ0v) is 10.6. The molecule has 0 aliphatic rings. The first kappa shape index (κ1) is 17.2. The molecule has 0 spiro atoms. The minimum absolute atomic E-state index is 0.130. The van der Waals surface area contributed by atoms with Crippen molar-refractivity contribution in [2.75, 3.05) is 19.7 Å². The number of carbonyl (C=O) groups is 1. The lowest BCUT2D eigenvalue weighted by atomic mass is 10.2. The Kier molecular flexibility index (Phi) is 5.89. The van der Waals surface area contributed by atoms with Gasteiger partial charge < -0.3 is 14.7 Å². The lowest BCUT2D eigenvalue weighted by molar-refractivity contribution is -0.141. The van der Waals surface area contributed by atoms with Crippen LogP contribution in [-0.2, 0) is 0 Å². The van der Waals surface area contributed by atoms with E-state index in [1.165, 1.54) is 0 Å². The Balaban J connectivity index is 2.83. The smallest absolute Gasteiger partial charge is 0.406 e. The quantitative estimate of drug-likeness (QED) is 0.820. The molecule has 118 valence electrons. The molecule has 0 saturated carbocycles. The highest BCUT2D eigenvalue weighted by molar-refractivity contribution is 5.94. The fourth-order valence-electron chi connectivity index (χ4n) is 1.55. The number of benzene rings is 1. The number of ether oxygens (including phenoxy) is 1. The van der Waals surface area contributed by atoms with Crippen LogP contribution in [-0.4, -0.2) is 48.4 Å². The molecule has 0 saturated heterocycles. The summed E-state index contributed by atoms with van der Waals surface area (Å²) in [6, 6.07) is 4.23. The molecule has 0 atom stereocenters. The standard InChI is InChI=1S/C12H12F5NO3/c13-11(14)21-9-3-1-8(2-4-9)10(20)18(5-6-19)7-12(15,16)17/h1-4,11,19H,5-7H2. The van der Waals surface area contributed by atoms with Crippen molar-refractivity contribution >= 4 is 5.91 Å². The normalized spacial score (nSPS) is 11.6. The highest BCUT2D eigenvalue weighted by Crippen LogP contribution is 2.20. The fraction of sp³-hybridized carbons (Fsp3) is 0.417. The maximum atomic E-state index is 12.3. The molecule has 1 aromatic carbocycles. The Hall–Kier alpha value is -1.90. The number of alkyl halides is 5. The van der Waals surface area contributed by atoms with Crippen molar-refractivity contribution < 1.29 is 36.6 Å². The zero-order valence-electron chi connectivity index (χ0n) is 10.6. The monoisotopic (exact) mass is 313 g/mol. The summed E-state index contributed by atoms with van der Waals surface area (Å²) in [6.07, 6.45) is -4.61. The van der Waals surface area contributed by atoms with E-state index in [1.54, 1.807) is 0 Å². The van der Waals surface area contributed by atoms with Crippen LogP contribution in [0.15, 0.2) is 24.3 Å². The van der Waals surface area contributed by atoms with Crippen molar-refractivity contribution in [1.29, 1.82) is 0 Å². The molecule has 1 N–H and O–H groups in total. The van der Waals surface area contributed by atoms with E-state index in [0.29, 0.717) is 4.90 Å². The Labute approximate surface area is 116 Å². The molecular weight excluding hydrogens is 301 g/mol. The molecule has 0 bridgehead atoms. The molecular formula is C12H12F5NO3. The van der Waals surface area contributed by atoms with Crippen LogP contribution >= 0.6 is 0 Å². The molecule has 0 aliphatic heterocycles. The average Bonchev–Trinajstić information content (AvgIpc) is 2.36. The van der Waals surface area contributed by atoms with Gasteiger partial charge in [-0.05, 0) is 24.3 Å². The third kappa shape index (κ3) is 5.94. The molecule has 9 heteroatoms. The maximum Gasteiger partial charge on any atom is 0.406 e. The van der Waals surface area contributed by atoms with Gasteiger partial charge in [-0.25, -0.2) is 0 Å². The van der Waals surface area contributed by atoms with Gasteiger partial charge in [0, 0.05) is 12.1 Å². The van der Waals surface area contributed by atoms with Crippen molar-refractivity contribution in [3.8, 4) is 5.75 Å². The minimum Gasteiger partial charge on any atom is -0.435 e. The number of aliphatic hydroxyl groups is 1. The van der Waals surface area contributed by atoms with Gasteiger partial charge in [-0.1, -0.05) is 0 Å². The van der Waals surface area contributed by atoms with Gasteiger partial charge >= 0.3 is 12.8 Å². The second kappa shape index (κ2) is 7.21. The molecule has 0 heterocycles. The summed E-state index contributed by atoms with van der Waals surface area (Å²) in [5.74, 6) is -1.18. The maximum absolute atomic E-state index is 12.3. The Morgan fingerprint density at radius 1 is 1.24 bits per heavy atom. The molecule has 0 aliphatic carbocycles. The van der Waals surface area contributed by atoms with Crippen LogP contribution < -0.4 is 4.74 Å². The van der Waals surface area contributed by atoms with Crippen LogP contribution in [0.2, 0.25) is 0 Å². The van der Waals surface area contributed by atoms with E-state index >= 15 is 0 Å². The van der Waals surface area contributed by atoms with Crippen molar-refractivity contribution in [3.63, 3.8) is 0 Å². The summed E-state index contributed by atoms with van der Waals surface area (Å²) >= 11 is 0. The number of nitrogens with zero attached hydrogens (tertiary/aromatic N) is 1. The van der Waals surface area contributed by atoms with E-state index in [9.17, 15) is 26.7 Å². The topological polar surface area (TPSA) is 49.8 Å². The number of amides is 1. The van der Waals surface area contributed by atoms with Gasteiger partial charge in [0.05, 0.1) is 6.61 Å². The third-order valence-corrected chi connectivity index (χ3v) is 2.35. The average molecular weight is 313 g/mol. The van der Waals surface area contributed by atoms with Gasteiger partial charge in [-0.15, -0.1) is 0 Å². The van der Waals surface area contributed by atoms with Crippen molar-refractivity contribution in [3.05, 3.63) is 29.8 Å². The van der Waals surface area contributed by atoms with Crippen LogP contribution in [0.5, 0.6) is 5.75 Å². The van der Waals surface area contributed by atoms with Crippen LogP contribution in [0, 0.1) is 0 Å². The number of hydrogen-bond acceptors (Lipinski definition) is 3. The highest BCUT2D eigenvalue weighted by atomic mass is 19.4. The molecule has 1 rings (SSSR count). The van der Waals surface area contributed by atoms with Crippen LogP contribution in [0.4, 0.5) is 22.0 Å². The molecule has 1 aromatic rings. The van der Waals surface area contributed by atoms with E-state index in [-0.39, 0.29) is 11.3 Å². The summed E-state index contributed by atoms with van der Waals surface area (Å²) in [7, 11) is 0. The molecule has 0 radical (unpaired) electrons. The van der Waals surface area contributed by atoms with Crippen molar-refractivity contribution in [2.45, 2.75) is 12.8 Å². The SMILES string of the molecule is O=C(c1ccc(OC(F)F)cc1)N(CCO)CC(F)(F)F. The predicted octanol–water partition coefficient (Wildman–Crippen LogP) is 2.28. The van der Waals surface area contributed by atoms with Crippen LogP contribution in [0.25, 0.3) is 0 Å². The van der Waals surface area contributed by atoms with E-state index in [2.05, 4.69) is 4.74 Å². The van der Waals surface area contributed by atoms with E-state index in [4.69, 9.17) is 5.11 Å². The molecule has 1 amide bonds. The van der Waals surface area contributed by atoms with Crippen LogP contribution in [0.3, 0.4) is 0 Å². The summed E-state index contributed by atoms with van der Waals surface area (Å²) in [6.45, 7) is -5.67. The molecule has 0 unspecified atom stereocenters. The minimum atomic E-state index is -4.61. The first-order valence-electron chi connectivity index (χ1n) is 5.74. The molecule has 0 fully saturated rings. The van der Waals surface area contributed by atoms with E-state index in [0.717, 1.165) is 24.3 Å². The lowest BCUT2D eigenvalue weighted by Gasteiger charge is -2.23. The number of halogens is 5. The Morgan fingerprint density at radius 2 is 1.81 bits per heavy atom. The van der Waals surface area contributed by atoms with Crippen molar-refractivity contribution in [2.24, 2.45) is 0 Å². The predicted molar refractivity (Wildman–Crippen MR) is 62.1 cm³/mol. The summed E-state index contributed by atoms with van der Waals surface area (Å²) in [5.41, 5.74) is -0.130. The summed E-state index contributed by atoms with van der Waals surface area (Å²) in [4.78, 5) is 12.3. The van der Waals surface area contributed by atoms with Gasteiger partial charge in [0.2, 0.25) is 0 Å². The van der Waals surface area contributed by atoms with Gasteiger partial charge in [0.1, 0.15) is 12.3 Å². The number of carbonyl (C=O) groups excluding carboxylic acids is 1. The number of aliphatic hydroxyl groups excluding tert-OH is 1. The molecule has 21 heavy (non-hydrogen) atoms. The van der Waals surface area contributed by atoms with Gasteiger partial charge in [0.15, 0.2) is 0 Å². The first-order valence-corrected chi connectivity index (χ1v) is 5.74. The van der Waals surface area contributed by atoms with Crippen LogP contribution in [0.1, 0.15) is 10.4 Å². The third-order valence-electron chi connectivity index (χ3n) is 2.35. The van der Waals surface area contributed by atoms with Crippen molar-refractivity contribution in [1.82, 2.24) is 4.90 Å². The number of hydrogen-bond donors (Lipinski definition) is 1. The van der Waals surface area contributed by atoms with Gasteiger partial charge in [-0.2, -0.15) is 22.0 Å². The van der Waals surface area contributed by atoms with Gasteiger partial charge in [0.25, 0.3) is 5.91 Å². The highest BCUT2D eigenvalue weighted by Gasteiger charge is 2.33. The zero-order chi connectivity index (χ0) is 16.0. The first-order chi connectivity index (χ1) is 9.73. The van der Waals surface area contributed by atoms with E-state index in [1.807, 2.05) is 0 Å². The summed E-state index contributed by atoms with van der Waals surface area (Å²) < 4.78 is 64.9. The molecule has 4 nitrogen and oxygen atoms in total. The molecule has 0 aromatic heterocycles. The van der Waals surface area contributed by atoms with E-state index < -0.39 is 38.4 Å². The second-order valence-corrected chi connectivity index (χ2v) is 3.97. The summed E-state index contributed by atoms with van der Waals surface area (Å²) in [5, 5.41) is 8.71. The second-order valence-electron chi connectivity index (χ2n) is 3.97. The largest absolute Gasteiger partial charge is 0.435 e. The Bertz CT molecular complexity index is 461. The Morgan fingerprint density at radius 3 is 2.24 bits per heavy atom. The lowest BCUT2D eigenvalue weighted by Crippen LogP contribution is -2.40. The van der Waals surface area contributed by atoms with Gasteiger partial charge in [-0.3, -0.25) is 4.79 Å². The number of rotatable bonds is 6. The fourth-order valence-corrected chi connectivity index (χ4v) is 1.55.